The van der Waals surface area contributed by atoms with Gasteiger partial charge in [-0.15, -0.1) is 6.58 Å². The molecule has 0 rings (SSSR count). The molecule has 0 fully saturated rings. The Hall–Kier alpha value is -1.58. The highest BCUT2D eigenvalue weighted by molar-refractivity contribution is 5.94. The van der Waals surface area contributed by atoms with E-state index in [1.807, 2.05) is 13.0 Å². The fourth-order valence-corrected chi connectivity index (χ4v) is 1.74. The van der Waals surface area contributed by atoms with Crippen molar-refractivity contribution in [2.24, 2.45) is 9.98 Å². The fourth-order valence-electron chi connectivity index (χ4n) is 1.74. The van der Waals surface area contributed by atoms with Gasteiger partial charge in [0, 0.05) is 25.2 Å². The van der Waals surface area contributed by atoms with E-state index in [2.05, 4.69) is 48.9 Å². The van der Waals surface area contributed by atoms with Gasteiger partial charge in [-0.3, -0.25) is 0 Å². The van der Waals surface area contributed by atoms with Crippen LogP contribution in [0, 0.1) is 0 Å². The maximum absolute atomic E-state index is 5.19. The third-order valence-corrected chi connectivity index (χ3v) is 3.06. The summed E-state index contributed by atoms with van der Waals surface area (Å²) in [5.41, 5.74) is 0.672. The van der Waals surface area contributed by atoms with Gasteiger partial charge in [0.25, 0.3) is 0 Å². The fraction of sp³-hybridized carbons (Fsp3) is 0.625. The zero-order chi connectivity index (χ0) is 15.5. The third-order valence-electron chi connectivity index (χ3n) is 3.06. The molecule has 0 aliphatic heterocycles. The van der Waals surface area contributed by atoms with Crippen LogP contribution in [0.3, 0.4) is 0 Å². The van der Waals surface area contributed by atoms with Gasteiger partial charge in [0.15, 0.2) is 0 Å². The average Bonchev–Trinajstić information content (AvgIpc) is 2.41. The molecule has 0 N–H and O–H groups in total. The largest absolute Gasteiger partial charge is 0.467 e. The predicted molar refractivity (Wildman–Crippen MR) is 88.3 cm³/mol. The molecule has 0 spiro atoms. The number of methoxy groups -OCH3 is 1. The summed E-state index contributed by atoms with van der Waals surface area (Å²) in [5.74, 6) is 0.908. The van der Waals surface area contributed by atoms with Crippen molar-refractivity contribution >= 4 is 11.9 Å². The molecule has 0 amide bonds. The van der Waals surface area contributed by atoms with E-state index in [1.54, 1.807) is 7.11 Å². The van der Waals surface area contributed by atoms with Crippen molar-refractivity contribution in [2.75, 3.05) is 14.2 Å². The number of ether oxygens (including phenoxy) is 1. The summed E-state index contributed by atoms with van der Waals surface area (Å²) >= 11 is 0. The summed E-state index contributed by atoms with van der Waals surface area (Å²) in [7, 11) is 3.62. The first kappa shape index (κ1) is 18.4. The van der Waals surface area contributed by atoms with Crippen molar-refractivity contribution < 1.29 is 4.74 Å². The smallest absolute Gasteiger partial charge is 0.317 e. The summed E-state index contributed by atoms with van der Waals surface area (Å²) in [6.07, 6.45) is 6.08. The van der Waals surface area contributed by atoms with Gasteiger partial charge in [-0.05, 0) is 20.3 Å². The van der Waals surface area contributed by atoms with Crippen molar-refractivity contribution in [1.82, 2.24) is 4.90 Å². The maximum atomic E-state index is 5.19. The molecule has 0 bridgehead atoms. The molecule has 0 heterocycles. The number of amidine groups is 2. The predicted octanol–water partition coefficient (Wildman–Crippen LogP) is 4.01. The Morgan fingerprint density at radius 1 is 1.40 bits per heavy atom. The quantitative estimate of drug-likeness (QED) is 0.401. The summed E-state index contributed by atoms with van der Waals surface area (Å²) in [6.45, 7) is 13.8. The number of aliphatic imine (C=N–C) groups is 2. The second-order valence-electron chi connectivity index (χ2n) is 4.96. The van der Waals surface area contributed by atoms with Crippen LogP contribution in [0.4, 0.5) is 0 Å². The number of unbranched alkanes of at least 4 members (excludes halogenated alkanes) is 1. The lowest BCUT2D eigenvalue weighted by Crippen LogP contribution is -2.35. The van der Waals surface area contributed by atoms with Gasteiger partial charge < -0.3 is 9.64 Å². The molecular weight excluding hydrogens is 250 g/mol. The van der Waals surface area contributed by atoms with Crippen LogP contribution in [0.15, 0.2) is 34.9 Å². The van der Waals surface area contributed by atoms with Crippen molar-refractivity contribution in [3.05, 3.63) is 24.9 Å². The van der Waals surface area contributed by atoms with Crippen LogP contribution in [0.5, 0.6) is 0 Å². The maximum Gasteiger partial charge on any atom is 0.317 e. The Labute approximate surface area is 123 Å². The van der Waals surface area contributed by atoms with Gasteiger partial charge in [-0.1, -0.05) is 32.4 Å². The molecule has 0 radical (unpaired) electrons. The summed E-state index contributed by atoms with van der Waals surface area (Å²) < 4.78 is 5.19. The first-order valence-corrected chi connectivity index (χ1v) is 7.15. The summed E-state index contributed by atoms with van der Waals surface area (Å²) in [5, 5.41) is 0. The normalized spacial score (nSPS) is 13.8. The van der Waals surface area contributed by atoms with Crippen LogP contribution in [-0.4, -0.2) is 37.0 Å². The number of allylic oxidation sites excluding steroid dienone is 1. The van der Waals surface area contributed by atoms with Crippen molar-refractivity contribution in [3.63, 3.8) is 0 Å². The average molecular weight is 279 g/mol. The number of rotatable bonds is 7. The molecule has 0 aliphatic carbocycles. The monoisotopic (exact) mass is 279 g/mol. The number of nitrogens with zero attached hydrogens (tertiary/aromatic N) is 3. The lowest BCUT2D eigenvalue weighted by molar-refractivity contribution is 0.354. The molecule has 4 nitrogen and oxygen atoms in total. The highest BCUT2D eigenvalue weighted by Crippen LogP contribution is 2.10. The van der Waals surface area contributed by atoms with Crippen LogP contribution < -0.4 is 0 Å². The lowest BCUT2D eigenvalue weighted by Gasteiger charge is -2.27. The topological polar surface area (TPSA) is 37.2 Å². The van der Waals surface area contributed by atoms with E-state index in [0.717, 1.165) is 12.3 Å². The Kier molecular flexibility index (Phi) is 9.43. The number of hydrogen-bond acceptors (Lipinski definition) is 2. The molecular formula is C16H29N3O. The van der Waals surface area contributed by atoms with Gasteiger partial charge in [0.1, 0.15) is 5.84 Å². The van der Waals surface area contributed by atoms with E-state index in [9.17, 15) is 0 Å². The minimum absolute atomic E-state index is 0.337. The van der Waals surface area contributed by atoms with E-state index >= 15 is 0 Å². The summed E-state index contributed by atoms with van der Waals surface area (Å²) in [4.78, 5) is 10.8. The second kappa shape index (κ2) is 10.2. The van der Waals surface area contributed by atoms with Crippen molar-refractivity contribution in [1.29, 1.82) is 0 Å². The first-order chi connectivity index (χ1) is 9.46. The molecule has 4 heteroatoms. The highest BCUT2D eigenvalue weighted by atomic mass is 16.5. The van der Waals surface area contributed by atoms with Gasteiger partial charge in [0.2, 0.25) is 0 Å². The molecule has 1 atom stereocenters. The third kappa shape index (κ3) is 7.12. The van der Waals surface area contributed by atoms with Crippen molar-refractivity contribution in [2.45, 2.75) is 52.5 Å². The minimum atomic E-state index is 0.337. The molecule has 0 saturated carbocycles. The molecule has 1 unspecified atom stereocenters. The lowest BCUT2D eigenvalue weighted by atomic mass is 10.1. The molecule has 0 aromatic rings. The van der Waals surface area contributed by atoms with E-state index in [-0.39, 0.29) is 0 Å². The van der Waals surface area contributed by atoms with Gasteiger partial charge >= 0.3 is 6.02 Å². The Bertz CT molecular complexity index is 372. The molecule has 20 heavy (non-hydrogen) atoms. The van der Waals surface area contributed by atoms with Crippen LogP contribution in [0.25, 0.3) is 0 Å². The van der Waals surface area contributed by atoms with E-state index in [4.69, 9.17) is 4.74 Å². The van der Waals surface area contributed by atoms with Crippen LogP contribution in [0.2, 0.25) is 0 Å². The molecule has 0 saturated heterocycles. The van der Waals surface area contributed by atoms with E-state index in [0.29, 0.717) is 24.2 Å². The van der Waals surface area contributed by atoms with Crippen molar-refractivity contribution in [3.8, 4) is 0 Å². The molecule has 0 aromatic heterocycles. The van der Waals surface area contributed by atoms with Crippen LogP contribution in [0.1, 0.15) is 46.5 Å². The van der Waals surface area contributed by atoms with E-state index in [1.165, 1.54) is 12.8 Å². The van der Waals surface area contributed by atoms with Gasteiger partial charge in [-0.2, -0.15) is 4.99 Å². The Morgan fingerprint density at radius 2 is 2.05 bits per heavy atom. The molecule has 114 valence electrons. The molecule has 0 aromatic carbocycles. The van der Waals surface area contributed by atoms with E-state index < -0.39 is 0 Å². The minimum Gasteiger partial charge on any atom is -0.467 e. The van der Waals surface area contributed by atoms with Gasteiger partial charge in [0.05, 0.1) is 7.11 Å². The van der Waals surface area contributed by atoms with Gasteiger partial charge in [-0.25, -0.2) is 4.99 Å². The number of hydrogen-bond donors (Lipinski definition) is 0. The Balaban J connectivity index is 5.09. The summed E-state index contributed by atoms with van der Waals surface area (Å²) in [6, 6.07) is 0.764. The zero-order valence-electron chi connectivity index (χ0n) is 13.6. The molecule has 0 aliphatic rings. The van der Waals surface area contributed by atoms with Crippen LogP contribution >= 0.6 is 0 Å². The SMILES string of the molecule is C=CC/C(=N\C(=N/C(=C)C)OC)N(C)C(C)CCCC. The second-order valence-corrected chi connectivity index (χ2v) is 4.96. The zero-order valence-corrected chi connectivity index (χ0v) is 13.6. The Morgan fingerprint density at radius 3 is 2.50 bits per heavy atom. The first-order valence-electron chi connectivity index (χ1n) is 7.15. The highest BCUT2D eigenvalue weighted by Gasteiger charge is 2.13. The van der Waals surface area contributed by atoms with Crippen LogP contribution in [-0.2, 0) is 4.74 Å². The standard InChI is InChI=1S/C16H29N3O/c1-8-10-12-14(5)19(6)15(11-9-2)18-16(20-7)17-13(3)4/h9,14H,2-3,8,10-12H2,1,4-7H3/b17-16+,18-15+.